The normalized spacial score (nSPS) is 16.3. The molecule has 0 aromatic heterocycles. The summed E-state index contributed by atoms with van der Waals surface area (Å²) >= 11 is 6.10. The van der Waals surface area contributed by atoms with E-state index >= 15 is 0 Å². The first-order chi connectivity index (χ1) is 8.58. The Bertz CT molecular complexity index is 476. The van der Waals surface area contributed by atoms with Crippen LogP contribution in [0.15, 0.2) is 29.8 Å². The van der Waals surface area contributed by atoms with E-state index in [0.29, 0.717) is 17.3 Å². The highest BCUT2D eigenvalue weighted by Crippen LogP contribution is 2.26. The topological polar surface area (TPSA) is 32.3 Å². The standard InChI is InChI=1S/C14H17ClN2O/c1-10-5-3-7-12(15)13(10)16-14(18)11-6-4-8-17(2)9-11/h3,5-7H,4,8-9H2,1-2H3,(H,16,18). The van der Waals surface area contributed by atoms with Crippen LogP contribution in [0.5, 0.6) is 0 Å². The van der Waals surface area contributed by atoms with Crippen molar-refractivity contribution in [3.05, 3.63) is 40.4 Å². The van der Waals surface area contributed by atoms with Crippen LogP contribution in [0, 0.1) is 6.92 Å². The molecule has 1 aliphatic rings. The van der Waals surface area contributed by atoms with E-state index < -0.39 is 0 Å². The predicted molar refractivity (Wildman–Crippen MR) is 75.0 cm³/mol. The molecule has 0 radical (unpaired) electrons. The number of benzene rings is 1. The van der Waals surface area contributed by atoms with Crippen molar-refractivity contribution < 1.29 is 4.79 Å². The molecule has 1 aliphatic heterocycles. The van der Waals surface area contributed by atoms with Crippen molar-refractivity contribution in [3.63, 3.8) is 0 Å². The number of hydrogen-bond donors (Lipinski definition) is 1. The third-order valence-electron chi connectivity index (χ3n) is 3.09. The molecule has 4 heteroatoms. The zero-order valence-electron chi connectivity index (χ0n) is 10.7. The number of rotatable bonds is 2. The lowest BCUT2D eigenvalue weighted by Crippen LogP contribution is -2.31. The monoisotopic (exact) mass is 264 g/mol. The van der Waals surface area contributed by atoms with Gasteiger partial charge in [0.05, 0.1) is 10.7 Å². The molecule has 1 amide bonds. The van der Waals surface area contributed by atoms with Crippen LogP contribution in [0.4, 0.5) is 5.69 Å². The van der Waals surface area contributed by atoms with Gasteiger partial charge in [-0.2, -0.15) is 0 Å². The number of para-hydroxylation sites is 1. The number of nitrogens with one attached hydrogen (secondary N) is 1. The summed E-state index contributed by atoms with van der Waals surface area (Å²) in [5.41, 5.74) is 2.49. The molecule has 3 nitrogen and oxygen atoms in total. The Hall–Kier alpha value is -1.32. The van der Waals surface area contributed by atoms with Crippen LogP contribution in [0.1, 0.15) is 12.0 Å². The van der Waals surface area contributed by atoms with Crippen LogP contribution in [-0.4, -0.2) is 30.9 Å². The maximum atomic E-state index is 12.2. The molecule has 0 unspecified atom stereocenters. The Balaban J connectivity index is 2.14. The number of amides is 1. The van der Waals surface area contributed by atoms with Crippen molar-refractivity contribution in [1.29, 1.82) is 0 Å². The average molecular weight is 265 g/mol. The summed E-state index contributed by atoms with van der Waals surface area (Å²) in [6.07, 6.45) is 2.92. The first kappa shape index (κ1) is 13.1. The van der Waals surface area contributed by atoms with Gasteiger partial charge in [0.25, 0.3) is 5.91 Å². The lowest BCUT2D eigenvalue weighted by molar-refractivity contribution is -0.113. The molecule has 96 valence electrons. The highest BCUT2D eigenvalue weighted by Gasteiger charge is 2.17. The second-order valence-electron chi connectivity index (χ2n) is 4.64. The number of carbonyl (C=O) groups excluding carboxylic acids is 1. The van der Waals surface area contributed by atoms with E-state index in [9.17, 15) is 4.79 Å². The molecular weight excluding hydrogens is 248 g/mol. The summed E-state index contributed by atoms with van der Waals surface area (Å²) < 4.78 is 0. The first-order valence-electron chi connectivity index (χ1n) is 6.02. The van der Waals surface area contributed by atoms with Gasteiger partial charge in [0.1, 0.15) is 0 Å². The number of likely N-dealkylation sites (N-methyl/N-ethyl adjacent to an activating group) is 1. The molecule has 0 fully saturated rings. The van der Waals surface area contributed by atoms with Crippen molar-refractivity contribution in [2.24, 2.45) is 0 Å². The second kappa shape index (κ2) is 5.55. The number of halogens is 1. The maximum Gasteiger partial charge on any atom is 0.252 e. The third-order valence-corrected chi connectivity index (χ3v) is 3.41. The number of hydrogen-bond acceptors (Lipinski definition) is 2. The second-order valence-corrected chi connectivity index (χ2v) is 5.05. The molecule has 0 spiro atoms. The molecule has 0 bridgehead atoms. The van der Waals surface area contributed by atoms with Gasteiger partial charge in [0.15, 0.2) is 0 Å². The minimum atomic E-state index is -0.0576. The van der Waals surface area contributed by atoms with Crippen LogP contribution in [0.3, 0.4) is 0 Å². The zero-order valence-corrected chi connectivity index (χ0v) is 11.4. The first-order valence-corrected chi connectivity index (χ1v) is 6.40. The third kappa shape index (κ3) is 2.92. The lowest BCUT2D eigenvalue weighted by atomic mass is 10.1. The summed E-state index contributed by atoms with van der Waals surface area (Å²) in [4.78, 5) is 14.3. The smallest absolute Gasteiger partial charge is 0.252 e. The van der Waals surface area contributed by atoms with Crippen molar-refractivity contribution in [2.75, 3.05) is 25.5 Å². The number of anilines is 1. The minimum absolute atomic E-state index is 0.0576. The minimum Gasteiger partial charge on any atom is -0.321 e. The Morgan fingerprint density at radius 1 is 1.44 bits per heavy atom. The molecule has 18 heavy (non-hydrogen) atoms. The largest absolute Gasteiger partial charge is 0.321 e. The zero-order chi connectivity index (χ0) is 13.1. The average Bonchev–Trinajstić information content (AvgIpc) is 2.34. The van der Waals surface area contributed by atoms with Crippen molar-refractivity contribution in [2.45, 2.75) is 13.3 Å². The Morgan fingerprint density at radius 3 is 2.89 bits per heavy atom. The molecular formula is C14H17ClN2O. The molecule has 0 saturated heterocycles. The van der Waals surface area contributed by atoms with Crippen LogP contribution in [0.25, 0.3) is 0 Å². The van der Waals surface area contributed by atoms with Gasteiger partial charge in [0, 0.05) is 18.7 Å². The van der Waals surface area contributed by atoms with Gasteiger partial charge in [-0.05, 0) is 32.0 Å². The van der Waals surface area contributed by atoms with Gasteiger partial charge in [-0.3, -0.25) is 4.79 Å². The molecule has 0 aliphatic carbocycles. The van der Waals surface area contributed by atoms with Gasteiger partial charge >= 0.3 is 0 Å². The van der Waals surface area contributed by atoms with Gasteiger partial charge in [-0.15, -0.1) is 0 Å². The van der Waals surface area contributed by atoms with Crippen molar-refractivity contribution in [3.8, 4) is 0 Å². The summed E-state index contributed by atoms with van der Waals surface area (Å²) in [7, 11) is 2.01. The maximum absolute atomic E-state index is 12.2. The highest BCUT2D eigenvalue weighted by atomic mass is 35.5. The summed E-state index contributed by atoms with van der Waals surface area (Å²) in [6, 6.07) is 5.59. The SMILES string of the molecule is Cc1cccc(Cl)c1NC(=O)C1=CCCN(C)C1. The van der Waals surface area contributed by atoms with Crippen LogP contribution < -0.4 is 5.32 Å². The van der Waals surface area contributed by atoms with E-state index in [1.54, 1.807) is 6.07 Å². The Kier molecular flexibility index (Phi) is 4.04. The van der Waals surface area contributed by atoms with Crippen molar-refractivity contribution >= 4 is 23.2 Å². The van der Waals surface area contributed by atoms with Gasteiger partial charge in [-0.25, -0.2) is 0 Å². The fourth-order valence-electron chi connectivity index (χ4n) is 2.04. The molecule has 1 aromatic rings. The Morgan fingerprint density at radius 2 is 2.22 bits per heavy atom. The molecule has 0 saturated carbocycles. The van der Waals surface area contributed by atoms with Crippen molar-refractivity contribution in [1.82, 2.24) is 4.90 Å². The van der Waals surface area contributed by atoms with E-state index in [4.69, 9.17) is 11.6 Å². The molecule has 1 aromatic carbocycles. The number of nitrogens with zero attached hydrogens (tertiary/aromatic N) is 1. The summed E-state index contributed by atoms with van der Waals surface area (Å²) in [5.74, 6) is -0.0576. The lowest BCUT2D eigenvalue weighted by Gasteiger charge is -2.22. The molecule has 1 heterocycles. The van der Waals surface area contributed by atoms with Gasteiger partial charge in [-0.1, -0.05) is 29.8 Å². The highest BCUT2D eigenvalue weighted by molar-refractivity contribution is 6.34. The van der Waals surface area contributed by atoms with E-state index in [1.165, 1.54) is 0 Å². The summed E-state index contributed by atoms with van der Waals surface area (Å²) in [6.45, 7) is 3.63. The molecule has 2 rings (SSSR count). The van der Waals surface area contributed by atoms with E-state index in [-0.39, 0.29) is 5.91 Å². The molecule has 1 N–H and O–H groups in total. The fourth-order valence-corrected chi connectivity index (χ4v) is 2.31. The van der Waals surface area contributed by atoms with E-state index in [2.05, 4.69) is 10.2 Å². The fraction of sp³-hybridized carbons (Fsp3) is 0.357. The van der Waals surface area contributed by atoms with E-state index in [0.717, 1.165) is 24.1 Å². The Labute approximate surface area is 112 Å². The molecule has 0 atom stereocenters. The predicted octanol–water partition coefficient (Wildman–Crippen LogP) is 2.85. The quantitative estimate of drug-likeness (QED) is 0.891. The summed E-state index contributed by atoms with van der Waals surface area (Å²) in [5, 5.41) is 3.48. The van der Waals surface area contributed by atoms with Crippen LogP contribution >= 0.6 is 11.6 Å². The number of carbonyl (C=O) groups is 1. The van der Waals surface area contributed by atoms with Gasteiger partial charge in [0.2, 0.25) is 0 Å². The van der Waals surface area contributed by atoms with Gasteiger partial charge < -0.3 is 10.2 Å². The van der Waals surface area contributed by atoms with Crippen LogP contribution in [-0.2, 0) is 4.79 Å². The van der Waals surface area contributed by atoms with E-state index in [1.807, 2.05) is 32.2 Å². The van der Waals surface area contributed by atoms with Crippen LogP contribution in [0.2, 0.25) is 5.02 Å². The number of aryl methyl sites for hydroxylation is 1.